The Morgan fingerprint density at radius 3 is 2.81 bits per heavy atom. The second-order valence-corrected chi connectivity index (χ2v) is 9.20. The number of aryl methyl sites for hydroxylation is 1. The lowest BCUT2D eigenvalue weighted by molar-refractivity contribution is 0.195. The number of para-hydroxylation sites is 1. The summed E-state index contributed by atoms with van der Waals surface area (Å²) in [7, 11) is 0. The van der Waals surface area contributed by atoms with Gasteiger partial charge < -0.3 is 4.90 Å². The van der Waals surface area contributed by atoms with Crippen LogP contribution in [-0.4, -0.2) is 49.2 Å². The number of hydrogen-bond acceptors (Lipinski definition) is 5. The zero-order chi connectivity index (χ0) is 22.6. The van der Waals surface area contributed by atoms with Crippen LogP contribution in [-0.2, 0) is 0 Å². The molecule has 5 rings (SSSR count). The fourth-order valence-electron chi connectivity index (χ4n) is 4.46. The third kappa shape index (κ3) is 3.18. The van der Waals surface area contributed by atoms with Gasteiger partial charge in [-0.2, -0.15) is 14.9 Å². The summed E-state index contributed by atoms with van der Waals surface area (Å²) in [6.07, 6.45) is 6.92. The number of nitrogens with one attached hydrogen (secondary N) is 1. The van der Waals surface area contributed by atoms with Gasteiger partial charge in [-0.1, -0.05) is 24.3 Å². The van der Waals surface area contributed by atoms with Gasteiger partial charge in [0.25, 0.3) is 5.56 Å². The fourth-order valence-corrected chi connectivity index (χ4v) is 4.46. The molecule has 0 saturated carbocycles. The first-order valence-electron chi connectivity index (χ1n) is 10.7. The highest BCUT2D eigenvalue weighted by molar-refractivity contribution is 5.92. The van der Waals surface area contributed by atoms with Crippen LogP contribution in [0.1, 0.15) is 38.4 Å². The van der Waals surface area contributed by atoms with Crippen molar-refractivity contribution in [1.82, 2.24) is 24.9 Å². The predicted molar refractivity (Wildman–Crippen MR) is 124 cm³/mol. The Kier molecular flexibility index (Phi) is 4.62. The third-order valence-electron chi connectivity index (χ3n) is 5.99. The number of H-pyrrole nitrogens is 1. The molecular formula is C24H25FN6O. The summed E-state index contributed by atoms with van der Waals surface area (Å²) in [6, 6.07) is 6.13. The molecule has 32 heavy (non-hydrogen) atoms. The average molecular weight is 433 g/mol. The number of halogens is 1. The van der Waals surface area contributed by atoms with E-state index in [0.29, 0.717) is 28.8 Å². The number of rotatable bonds is 2. The lowest BCUT2D eigenvalue weighted by Crippen LogP contribution is -2.47. The minimum absolute atomic E-state index is 0.00874. The number of allylic oxidation sites excluding steroid dienone is 2. The number of aromatic amines is 1. The van der Waals surface area contributed by atoms with Gasteiger partial charge in [0, 0.05) is 29.1 Å². The van der Waals surface area contributed by atoms with Crippen molar-refractivity contribution in [3.05, 3.63) is 69.5 Å². The van der Waals surface area contributed by atoms with Crippen molar-refractivity contribution in [3.8, 4) is 5.69 Å². The van der Waals surface area contributed by atoms with Gasteiger partial charge in [-0.3, -0.25) is 14.9 Å². The zero-order valence-electron chi connectivity index (χ0n) is 18.6. The summed E-state index contributed by atoms with van der Waals surface area (Å²) in [5.41, 5.74) is 3.93. The highest BCUT2D eigenvalue weighted by atomic mass is 19.1. The van der Waals surface area contributed by atoms with Crippen molar-refractivity contribution >= 4 is 22.8 Å². The number of hydrogen-bond donors (Lipinski definition) is 1. The van der Waals surface area contributed by atoms with E-state index < -0.39 is 11.4 Å². The van der Waals surface area contributed by atoms with E-state index in [1.54, 1.807) is 19.1 Å². The molecule has 0 saturated heterocycles. The van der Waals surface area contributed by atoms with Crippen LogP contribution in [0.15, 0.2) is 51.9 Å². The van der Waals surface area contributed by atoms with E-state index in [2.05, 4.69) is 47.0 Å². The standard InChI is InChI=1S/C24H25FN6O/c1-14-7-5-9-16(25)22(14)31-19(32)13-18-21(29-31)20(28-27-18)15-8-6-10-17-23(15)30(12-11-26-17)24(2,3)4/h5-9,11,13,17,27H,10,12H2,1-4H3. The minimum atomic E-state index is -0.496. The number of fused-ring (bicyclic) bond motifs is 2. The summed E-state index contributed by atoms with van der Waals surface area (Å²) < 4.78 is 15.8. The van der Waals surface area contributed by atoms with E-state index >= 15 is 0 Å². The van der Waals surface area contributed by atoms with Gasteiger partial charge in [-0.15, -0.1) is 0 Å². The molecule has 0 bridgehead atoms. The van der Waals surface area contributed by atoms with E-state index in [4.69, 9.17) is 4.99 Å². The van der Waals surface area contributed by atoms with Crippen LogP contribution in [0, 0.1) is 12.7 Å². The monoisotopic (exact) mass is 432 g/mol. The number of benzene rings is 1. The minimum Gasteiger partial charge on any atom is -0.362 e. The van der Waals surface area contributed by atoms with E-state index in [-0.39, 0.29) is 17.3 Å². The highest BCUT2D eigenvalue weighted by Gasteiger charge is 2.34. The SMILES string of the molecule is Cc1cccc(F)c1-n1nc2c(C3=C4C(CC=C3)N=CCN4C(C)(C)C)n[nH]c2cc1=O. The van der Waals surface area contributed by atoms with Gasteiger partial charge >= 0.3 is 0 Å². The summed E-state index contributed by atoms with van der Waals surface area (Å²) >= 11 is 0. The Morgan fingerprint density at radius 1 is 1.25 bits per heavy atom. The van der Waals surface area contributed by atoms with Crippen molar-refractivity contribution in [2.24, 2.45) is 4.99 Å². The lowest BCUT2D eigenvalue weighted by Gasteiger charge is -2.44. The van der Waals surface area contributed by atoms with Crippen molar-refractivity contribution in [3.63, 3.8) is 0 Å². The molecule has 1 atom stereocenters. The highest BCUT2D eigenvalue weighted by Crippen LogP contribution is 2.37. The summed E-state index contributed by atoms with van der Waals surface area (Å²) in [6.45, 7) is 8.98. The Balaban J connectivity index is 1.77. The fraction of sp³-hybridized carbons (Fsp3) is 0.333. The van der Waals surface area contributed by atoms with Crippen LogP contribution in [0.3, 0.4) is 0 Å². The molecule has 0 fully saturated rings. The van der Waals surface area contributed by atoms with Crippen LogP contribution in [0.2, 0.25) is 0 Å². The molecule has 1 aliphatic heterocycles. The molecule has 0 spiro atoms. The number of nitrogens with zero attached hydrogens (tertiary/aromatic N) is 5. The maximum absolute atomic E-state index is 14.6. The van der Waals surface area contributed by atoms with Crippen LogP contribution >= 0.6 is 0 Å². The molecule has 164 valence electrons. The lowest BCUT2D eigenvalue weighted by atomic mass is 9.91. The smallest absolute Gasteiger partial charge is 0.273 e. The van der Waals surface area contributed by atoms with Crippen LogP contribution in [0.4, 0.5) is 4.39 Å². The number of aromatic nitrogens is 4. The number of aliphatic imine (C=N–C) groups is 1. The normalized spacial score (nSPS) is 18.5. The van der Waals surface area contributed by atoms with E-state index in [1.165, 1.54) is 12.1 Å². The first kappa shape index (κ1) is 20.4. The van der Waals surface area contributed by atoms with Crippen molar-refractivity contribution in [2.45, 2.75) is 45.7 Å². The largest absolute Gasteiger partial charge is 0.362 e. The summed E-state index contributed by atoms with van der Waals surface area (Å²) in [5, 5.41) is 12.0. The van der Waals surface area contributed by atoms with Crippen LogP contribution in [0.5, 0.6) is 0 Å². The summed E-state index contributed by atoms with van der Waals surface area (Å²) in [4.78, 5) is 19.8. The third-order valence-corrected chi connectivity index (χ3v) is 5.99. The van der Waals surface area contributed by atoms with Crippen molar-refractivity contribution < 1.29 is 4.39 Å². The molecule has 2 aliphatic rings. The topological polar surface area (TPSA) is 79.2 Å². The Morgan fingerprint density at radius 2 is 2.06 bits per heavy atom. The Hall–Kier alpha value is -3.55. The van der Waals surface area contributed by atoms with Crippen molar-refractivity contribution in [2.75, 3.05) is 6.54 Å². The van der Waals surface area contributed by atoms with E-state index in [0.717, 1.165) is 22.4 Å². The van der Waals surface area contributed by atoms with Gasteiger partial charge in [-0.05, 0) is 45.7 Å². The zero-order valence-corrected chi connectivity index (χ0v) is 18.6. The average Bonchev–Trinajstić information content (AvgIpc) is 3.14. The van der Waals surface area contributed by atoms with Gasteiger partial charge in [0.2, 0.25) is 0 Å². The first-order chi connectivity index (χ1) is 15.3. The molecule has 0 amide bonds. The van der Waals surface area contributed by atoms with Crippen molar-refractivity contribution in [1.29, 1.82) is 0 Å². The quantitative estimate of drug-likeness (QED) is 0.668. The van der Waals surface area contributed by atoms with Gasteiger partial charge in [0.15, 0.2) is 0 Å². The maximum Gasteiger partial charge on any atom is 0.273 e. The van der Waals surface area contributed by atoms with E-state index in [9.17, 15) is 9.18 Å². The molecule has 8 heteroatoms. The second-order valence-electron chi connectivity index (χ2n) is 9.20. The molecule has 3 heterocycles. The molecule has 2 aromatic heterocycles. The molecule has 0 radical (unpaired) electrons. The molecule has 1 N–H and O–H groups in total. The molecular weight excluding hydrogens is 407 g/mol. The van der Waals surface area contributed by atoms with Gasteiger partial charge in [-0.25, -0.2) is 4.39 Å². The first-order valence-corrected chi connectivity index (χ1v) is 10.7. The molecule has 1 aromatic carbocycles. The Labute approximate surface area is 185 Å². The molecule has 3 aromatic rings. The van der Waals surface area contributed by atoms with E-state index in [1.807, 2.05) is 12.3 Å². The molecule has 1 aliphatic carbocycles. The second kappa shape index (κ2) is 7.25. The van der Waals surface area contributed by atoms with Gasteiger partial charge in [0.1, 0.15) is 22.7 Å². The van der Waals surface area contributed by atoms with Crippen LogP contribution in [0.25, 0.3) is 22.3 Å². The van der Waals surface area contributed by atoms with Gasteiger partial charge in [0.05, 0.1) is 18.1 Å². The summed E-state index contributed by atoms with van der Waals surface area (Å²) in [5.74, 6) is -0.496. The maximum atomic E-state index is 14.6. The Bertz CT molecular complexity index is 1350. The predicted octanol–water partition coefficient (Wildman–Crippen LogP) is 3.78. The molecule has 7 nitrogen and oxygen atoms in total. The van der Waals surface area contributed by atoms with Crippen LogP contribution < -0.4 is 5.56 Å². The molecule has 1 unspecified atom stereocenters.